The van der Waals surface area contributed by atoms with Gasteiger partial charge in [-0.3, -0.25) is 4.79 Å². The van der Waals surface area contributed by atoms with Gasteiger partial charge in [-0.2, -0.15) is 4.98 Å². The molecule has 0 aliphatic heterocycles. The molecule has 0 unspecified atom stereocenters. The minimum atomic E-state index is -0.174. The van der Waals surface area contributed by atoms with Crippen LogP contribution in [0.25, 0.3) is 10.7 Å². The highest BCUT2D eigenvalue weighted by Crippen LogP contribution is 2.33. The van der Waals surface area contributed by atoms with Crippen molar-refractivity contribution in [1.29, 1.82) is 0 Å². The topological polar surface area (TPSA) is 77.2 Å². The fourth-order valence-electron chi connectivity index (χ4n) is 2.15. The van der Waals surface area contributed by atoms with E-state index in [0.29, 0.717) is 29.4 Å². The van der Waals surface area contributed by atoms with Crippen LogP contribution in [0.2, 0.25) is 0 Å². The van der Waals surface area contributed by atoms with Gasteiger partial charge in [0.1, 0.15) is 5.75 Å². The SMILES string of the molecule is CCc1nc(-c2cc(NC(=O)c3ccc(OC)cc3)c(C)s2)no1. The van der Waals surface area contributed by atoms with E-state index in [-0.39, 0.29) is 5.91 Å². The maximum Gasteiger partial charge on any atom is 0.255 e. The number of thiophene rings is 1. The smallest absolute Gasteiger partial charge is 0.255 e. The Morgan fingerprint density at radius 3 is 2.71 bits per heavy atom. The number of carbonyl (C=O) groups is 1. The zero-order valence-corrected chi connectivity index (χ0v) is 14.4. The van der Waals surface area contributed by atoms with Gasteiger partial charge in [0.2, 0.25) is 11.7 Å². The number of hydrogen-bond donors (Lipinski definition) is 1. The molecule has 124 valence electrons. The number of amides is 1. The Morgan fingerprint density at radius 2 is 2.08 bits per heavy atom. The van der Waals surface area contributed by atoms with E-state index in [0.717, 1.165) is 15.4 Å². The highest BCUT2D eigenvalue weighted by Gasteiger charge is 2.15. The van der Waals surface area contributed by atoms with Crippen molar-refractivity contribution in [1.82, 2.24) is 10.1 Å². The van der Waals surface area contributed by atoms with Crippen LogP contribution in [0.15, 0.2) is 34.9 Å². The van der Waals surface area contributed by atoms with E-state index in [1.165, 1.54) is 11.3 Å². The van der Waals surface area contributed by atoms with Gasteiger partial charge in [0.25, 0.3) is 5.91 Å². The first kappa shape index (κ1) is 16.2. The van der Waals surface area contributed by atoms with Gasteiger partial charge in [-0.25, -0.2) is 0 Å². The lowest BCUT2D eigenvalue weighted by Crippen LogP contribution is -2.11. The number of ether oxygens (including phenoxy) is 1. The summed E-state index contributed by atoms with van der Waals surface area (Å²) in [5.74, 6) is 1.68. The lowest BCUT2D eigenvalue weighted by atomic mass is 10.2. The fourth-order valence-corrected chi connectivity index (χ4v) is 3.05. The maximum atomic E-state index is 12.4. The first-order valence-electron chi connectivity index (χ1n) is 7.49. The molecule has 3 rings (SSSR count). The van der Waals surface area contributed by atoms with Gasteiger partial charge >= 0.3 is 0 Å². The van der Waals surface area contributed by atoms with E-state index >= 15 is 0 Å². The van der Waals surface area contributed by atoms with Crippen molar-refractivity contribution in [3.63, 3.8) is 0 Å². The van der Waals surface area contributed by atoms with Crippen LogP contribution in [-0.4, -0.2) is 23.2 Å². The van der Waals surface area contributed by atoms with Gasteiger partial charge in [-0.05, 0) is 37.3 Å². The Bertz CT molecular complexity index is 852. The number of rotatable bonds is 5. The van der Waals surface area contributed by atoms with E-state index in [2.05, 4.69) is 15.5 Å². The van der Waals surface area contributed by atoms with Gasteiger partial charge in [0.15, 0.2) is 0 Å². The van der Waals surface area contributed by atoms with Gasteiger partial charge in [-0.15, -0.1) is 11.3 Å². The second-order valence-corrected chi connectivity index (χ2v) is 6.38. The average Bonchev–Trinajstić information content (AvgIpc) is 3.22. The van der Waals surface area contributed by atoms with Crippen molar-refractivity contribution in [2.45, 2.75) is 20.3 Å². The number of anilines is 1. The predicted octanol–water partition coefficient (Wildman–Crippen LogP) is 3.93. The Kier molecular flexibility index (Phi) is 4.61. The van der Waals surface area contributed by atoms with Crippen LogP contribution in [0.4, 0.5) is 5.69 Å². The first-order valence-corrected chi connectivity index (χ1v) is 8.31. The molecule has 0 saturated carbocycles. The van der Waals surface area contributed by atoms with Crippen LogP contribution in [0, 0.1) is 6.92 Å². The normalized spacial score (nSPS) is 10.6. The molecule has 24 heavy (non-hydrogen) atoms. The van der Waals surface area contributed by atoms with Crippen LogP contribution in [0.1, 0.15) is 28.0 Å². The van der Waals surface area contributed by atoms with Crippen LogP contribution < -0.4 is 10.1 Å². The molecular formula is C17H17N3O3S. The molecule has 7 heteroatoms. The molecule has 0 bridgehead atoms. The van der Waals surface area contributed by atoms with Crippen molar-refractivity contribution in [2.24, 2.45) is 0 Å². The van der Waals surface area contributed by atoms with Crippen LogP contribution in [0.5, 0.6) is 5.75 Å². The lowest BCUT2D eigenvalue weighted by molar-refractivity contribution is 0.102. The number of carbonyl (C=O) groups excluding carboxylic acids is 1. The van der Waals surface area contributed by atoms with Crippen molar-refractivity contribution < 1.29 is 14.1 Å². The second-order valence-electron chi connectivity index (χ2n) is 5.13. The Hall–Kier alpha value is -2.67. The number of benzene rings is 1. The van der Waals surface area contributed by atoms with Crippen molar-refractivity contribution in [3.8, 4) is 16.5 Å². The summed E-state index contributed by atoms with van der Waals surface area (Å²) in [6, 6.07) is 8.83. The fraction of sp³-hybridized carbons (Fsp3) is 0.235. The summed E-state index contributed by atoms with van der Waals surface area (Å²) >= 11 is 1.51. The summed E-state index contributed by atoms with van der Waals surface area (Å²) in [7, 11) is 1.59. The molecule has 1 amide bonds. The minimum Gasteiger partial charge on any atom is -0.497 e. The van der Waals surface area contributed by atoms with E-state index in [1.807, 2.05) is 19.9 Å². The summed E-state index contributed by atoms with van der Waals surface area (Å²) in [5, 5.41) is 6.89. The van der Waals surface area contributed by atoms with Crippen LogP contribution in [0.3, 0.4) is 0 Å². The molecule has 0 aliphatic rings. The molecule has 0 saturated heterocycles. The Balaban J connectivity index is 1.78. The number of hydrogen-bond acceptors (Lipinski definition) is 6. The van der Waals surface area contributed by atoms with E-state index in [9.17, 15) is 4.79 Å². The zero-order chi connectivity index (χ0) is 17.1. The minimum absolute atomic E-state index is 0.174. The summed E-state index contributed by atoms with van der Waals surface area (Å²) in [4.78, 5) is 18.5. The Morgan fingerprint density at radius 1 is 1.33 bits per heavy atom. The van der Waals surface area contributed by atoms with E-state index in [4.69, 9.17) is 9.26 Å². The number of aryl methyl sites for hydroxylation is 2. The van der Waals surface area contributed by atoms with Gasteiger partial charge in [-0.1, -0.05) is 12.1 Å². The van der Waals surface area contributed by atoms with Crippen molar-refractivity contribution in [3.05, 3.63) is 46.7 Å². The highest BCUT2D eigenvalue weighted by atomic mass is 32.1. The molecule has 0 spiro atoms. The summed E-state index contributed by atoms with van der Waals surface area (Å²) < 4.78 is 10.2. The molecule has 1 N–H and O–H groups in total. The number of nitrogens with zero attached hydrogens (tertiary/aromatic N) is 2. The standard InChI is InChI=1S/C17H17N3O3S/c1-4-15-19-16(20-23-15)14-9-13(10(2)24-14)18-17(21)11-5-7-12(22-3)8-6-11/h5-9H,4H2,1-3H3,(H,18,21). The maximum absolute atomic E-state index is 12.4. The lowest BCUT2D eigenvalue weighted by Gasteiger charge is -2.05. The summed E-state index contributed by atoms with van der Waals surface area (Å²) in [5.41, 5.74) is 1.31. The average molecular weight is 343 g/mol. The van der Waals surface area contributed by atoms with Crippen molar-refractivity contribution >= 4 is 22.9 Å². The third-order valence-electron chi connectivity index (χ3n) is 3.51. The summed E-state index contributed by atoms with van der Waals surface area (Å²) in [6.45, 7) is 3.90. The largest absolute Gasteiger partial charge is 0.497 e. The first-order chi connectivity index (χ1) is 11.6. The number of nitrogens with one attached hydrogen (secondary N) is 1. The molecule has 3 aromatic rings. The van der Waals surface area contributed by atoms with Crippen molar-refractivity contribution in [2.75, 3.05) is 12.4 Å². The molecule has 2 heterocycles. The molecular weight excluding hydrogens is 326 g/mol. The summed E-state index contributed by atoms with van der Waals surface area (Å²) in [6.07, 6.45) is 0.693. The molecule has 6 nitrogen and oxygen atoms in total. The van der Waals surface area contributed by atoms with Crippen LogP contribution in [-0.2, 0) is 6.42 Å². The van der Waals surface area contributed by atoms with Gasteiger partial charge in [0, 0.05) is 16.9 Å². The third-order valence-corrected chi connectivity index (χ3v) is 4.56. The van der Waals surface area contributed by atoms with Gasteiger partial charge in [0.05, 0.1) is 17.7 Å². The molecule has 0 aliphatic carbocycles. The van der Waals surface area contributed by atoms with E-state index in [1.54, 1.807) is 31.4 Å². The zero-order valence-electron chi connectivity index (χ0n) is 13.6. The molecule has 0 radical (unpaired) electrons. The van der Waals surface area contributed by atoms with Gasteiger partial charge < -0.3 is 14.6 Å². The molecule has 0 atom stereocenters. The quantitative estimate of drug-likeness (QED) is 0.759. The number of aromatic nitrogens is 2. The second kappa shape index (κ2) is 6.84. The van der Waals surface area contributed by atoms with Crippen LogP contribution >= 0.6 is 11.3 Å². The van der Waals surface area contributed by atoms with E-state index < -0.39 is 0 Å². The highest BCUT2D eigenvalue weighted by molar-refractivity contribution is 7.16. The molecule has 2 aromatic heterocycles. The number of methoxy groups -OCH3 is 1. The monoisotopic (exact) mass is 343 g/mol. The Labute approximate surface area is 143 Å². The molecule has 0 fully saturated rings. The third kappa shape index (κ3) is 3.30. The predicted molar refractivity (Wildman–Crippen MR) is 92.7 cm³/mol. The molecule has 1 aromatic carbocycles.